The summed E-state index contributed by atoms with van der Waals surface area (Å²) in [7, 11) is 0. The molecule has 112 valence electrons. The van der Waals surface area contributed by atoms with E-state index < -0.39 is 24.6 Å². The molecule has 0 bridgehead atoms. The Hall–Kier alpha value is -2.28. The maximum atomic E-state index is 11.3. The summed E-state index contributed by atoms with van der Waals surface area (Å²) in [4.78, 5) is 34.4. The van der Waals surface area contributed by atoms with Crippen molar-refractivity contribution < 1.29 is 23.9 Å². The summed E-state index contributed by atoms with van der Waals surface area (Å²) < 4.78 is 9.17. The Bertz CT molecular complexity index is 515. The molecular weight excluding hydrogens is 294 g/mol. The molecule has 0 saturated heterocycles. The number of hydrogen-bond donors (Lipinski definition) is 1. The van der Waals surface area contributed by atoms with Crippen LogP contribution in [-0.2, 0) is 19.1 Å². The Kier molecular flexibility index (Phi) is 7.67. The number of esters is 1. The molecule has 1 aromatic rings. The van der Waals surface area contributed by atoms with Gasteiger partial charge in [0.05, 0.1) is 6.61 Å². The summed E-state index contributed by atoms with van der Waals surface area (Å²) in [5.74, 6) is -1.41. The zero-order valence-electron chi connectivity index (χ0n) is 11.4. The number of imide groups is 1. The molecule has 6 nitrogen and oxygen atoms in total. The topological polar surface area (TPSA) is 81.7 Å². The Morgan fingerprint density at radius 3 is 2.57 bits per heavy atom. The van der Waals surface area contributed by atoms with Crippen LogP contribution in [0.15, 0.2) is 46.7 Å². The number of rotatable bonds is 6. The summed E-state index contributed by atoms with van der Waals surface area (Å²) in [6, 6.07) is 9.45. The summed E-state index contributed by atoms with van der Waals surface area (Å²) >= 11 is 1.34. The van der Waals surface area contributed by atoms with Crippen LogP contribution in [0.4, 0.5) is 4.79 Å². The molecule has 1 N–H and O–H groups in total. The van der Waals surface area contributed by atoms with E-state index in [9.17, 15) is 14.4 Å². The predicted octanol–water partition coefficient (Wildman–Crippen LogP) is 2.11. The minimum absolute atomic E-state index is 0.151. The fraction of sp³-hybridized carbons (Fsp3) is 0.214. The van der Waals surface area contributed by atoms with E-state index in [0.717, 1.165) is 4.90 Å². The van der Waals surface area contributed by atoms with Crippen molar-refractivity contribution in [1.29, 1.82) is 0 Å². The number of hydrogen-bond acceptors (Lipinski definition) is 6. The molecule has 0 spiro atoms. The molecule has 1 aromatic carbocycles. The lowest BCUT2D eigenvalue weighted by Crippen LogP contribution is -2.34. The van der Waals surface area contributed by atoms with Crippen LogP contribution in [0.5, 0.6) is 0 Å². The van der Waals surface area contributed by atoms with Gasteiger partial charge in [-0.15, -0.1) is 0 Å². The first-order valence-electron chi connectivity index (χ1n) is 6.13. The van der Waals surface area contributed by atoms with Crippen LogP contribution in [0, 0.1) is 0 Å². The minimum atomic E-state index is -0.867. The van der Waals surface area contributed by atoms with Gasteiger partial charge in [-0.1, -0.05) is 30.0 Å². The molecule has 0 saturated carbocycles. The lowest BCUT2D eigenvalue weighted by molar-refractivity contribution is -0.143. The summed E-state index contributed by atoms with van der Waals surface area (Å²) in [5, 5.41) is 3.47. The third-order valence-corrected chi connectivity index (χ3v) is 2.83. The lowest BCUT2D eigenvalue weighted by atomic mass is 10.4. The Balaban J connectivity index is 2.24. The number of thioether (sulfide) groups is 1. The van der Waals surface area contributed by atoms with Crippen LogP contribution in [0.2, 0.25) is 0 Å². The van der Waals surface area contributed by atoms with Crippen molar-refractivity contribution in [2.75, 3.05) is 13.2 Å². The molecule has 7 heteroatoms. The van der Waals surface area contributed by atoms with E-state index in [1.54, 1.807) is 12.3 Å². The first-order chi connectivity index (χ1) is 10.1. The number of ether oxygens (including phenoxy) is 2. The average Bonchev–Trinajstić information content (AvgIpc) is 2.46. The van der Waals surface area contributed by atoms with Gasteiger partial charge in [-0.25, -0.2) is 9.59 Å². The standard InChI is InChI=1S/C14H15NO5S/c1-2-19-14(18)15-12(16)10-20-13(17)8-9-21-11-6-4-3-5-7-11/h3-9H,2,10H2,1H3,(H,15,16,18)/b9-8+. The molecule has 0 aliphatic carbocycles. The molecule has 0 aromatic heterocycles. The highest BCUT2D eigenvalue weighted by molar-refractivity contribution is 8.02. The molecule has 2 amide bonds. The molecule has 0 fully saturated rings. The minimum Gasteiger partial charge on any atom is -0.452 e. The maximum Gasteiger partial charge on any atom is 0.413 e. The summed E-state index contributed by atoms with van der Waals surface area (Å²) in [6.45, 7) is 1.22. The van der Waals surface area contributed by atoms with Crippen LogP contribution >= 0.6 is 11.8 Å². The molecule has 21 heavy (non-hydrogen) atoms. The zero-order valence-corrected chi connectivity index (χ0v) is 12.2. The van der Waals surface area contributed by atoms with Crippen LogP contribution in [0.25, 0.3) is 0 Å². The van der Waals surface area contributed by atoms with Crippen molar-refractivity contribution in [3.8, 4) is 0 Å². The van der Waals surface area contributed by atoms with Gasteiger partial charge in [-0.2, -0.15) is 0 Å². The predicted molar refractivity (Wildman–Crippen MR) is 77.6 cm³/mol. The van der Waals surface area contributed by atoms with E-state index in [-0.39, 0.29) is 6.61 Å². The molecule has 0 aliphatic rings. The highest BCUT2D eigenvalue weighted by Crippen LogP contribution is 2.17. The number of benzene rings is 1. The second-order valence-corrected chi connectivity index (χ2v) is 4.59. The number of carbonyl (C=O) groups is 3. The van der Waals surface area contributed by atoms with Crippen LogP contribution in [-0.4, -0.2) is 31.2 Å². The van der Waals surface area contributed by atoms with Gasteiger partial charge in [-0.3, -0.25) is 10.1 Å². The van der Waals surface area contributed by atoms with E-state index in [4.69, 9.17) is 0 Å². The SMILES string of the molecule is CCOC(=O)NC(=O)COC(=O)/C=C/Sc1ccccc1. The second-order valence-electron chi connectivity index (χ2n) is 3.61. The molecule has 0 aliphatic heterocycles. The van der Waals surface area contributed by atoms with Crippen molar-refractivity contribution in [2.24, 2.45) is 0 Å². The molecule has 0 unspecified atom stereocenters. The quantitative estimate of drug-likeness (QED) is 0.492. The van der Waals surface area contributed by atoms with E-state index >= 15 is 0 Å². The first-order valence-corrected chi connectivity index (χ1v) is 7.01. The molecule has 0 heterocycles. The smallest absolute Gasteiger partial charge is 0.413 e. The molecule has 0 atom stereocenters. The third kappa shape index (κ3) is 7.78. The van der Waals surface area contributed by atoms with E-state index in [2.05, 4.69) is 9.47 Å². The molecule has 1 rings (SSSR count). The third-order valence-electron chi connectivity index (χ3n) is 2.01. The monoisotopic (exact) mass is 309 g/mol. The Labute approximate surface area is 126 Å². The van der Waals surface area contributed by atoms with Gasteiger partial charge in [0.2, 0.25) is 0 Å². The van der Waals surface area contributed by atoms with Crippen LogP contribution in [0.1, 0.15) is 6.92 Å². The van der Waals surface area contributed by atoms with Crippen molar-refractivity contribution in [1.82, 2.24) is 5.32 Å². The van der Waals surface area contributed by atoms with Gasteiger partial charge < -0.3 is 9.47 Å². The Morgan fingerprint density at radius 1 is 1.19 bits per heavy atom. The normalized spacial score (nSPS) is 10.1. The highest BCUT2D eigenvalue weighted by atomic mass is 32.2. The molecule has 0 radical (unpaired) electrons. The first kappa shape index (κ1) is 16.8. The van der Waals surface area contributed by atoms with Gasteiger partial charge >= 0.3 is 12.1 Å². The number of amides is 2. The Morgan fingerprint density at radius 2 is 1.90 bits per heavy atom. The zero-order chi connectivity index (χ0) is 15.5. The van der Waals surface area contributed by atoms with E-state index in [0.29, 0.717) is 0 Å². The van der Waals surface area contributed by atoms with Crippen molar-refractivity contribution >= 4 is 29.7 Å². The number of carbonyl (C=O) groups excluding carboxylic acids is 3. The van der Waals surface area contributed by atoms with Gasteiger partial charge in [0.15, 0.2) is 6.61 Å². The average molecular weight is 309 g/mol. The van der Waals surface area contributed by atoms with Crippen molar-refractivity contribution in [3.05, 3.63) is 41.8 Å². The number of nitrogens with one attached hydrogen (secondary N) is 1. The van der Waals surface area contributed by atoms with Gasteiger partial charge in [0.25, 0.3) is 5.91 Å². The van der Waals surface area contributed by atoms with E-state index in [1.165, 1.54) is 17.8 Å². The fourth-order valence-corrected chi connectivity index (χ4v) is 1.82. The number of alkyl carbamates (subject to hydrolysis) is 1. The highest BCUT2D eigenvalue weighted by Gasteiger charge is 2.09. The fourth-order valence-electron chi connectivity index (χ4n) is 1.17. The van der Waals surface area contributed by atoms with Crippen LogP contribution < -0.4 is 5.32 Å². The van der Waals surface area contributed by atoms with Gasteiger partial charge in [-0.05, 0) is 24.5 Å². The van der Waals surface area contributed by atoms with Gasteiger partial charge in [0, 0.05) is 11.0 Å². The second kappa shape index (κ2) is 9.60. The largest absolute Gasteiger partial charge is 0.452 e. The molecular formula is C14H15NO5S. The van der Waals surface area contributed by atoms with Gasteiger partial charge in [0.1, 0.15) is 0 Å². The summed E-state index contributed by atoms with van der Waals surface area (Å²) in [6.07, 6.45) is 0.337. The van der Waals surface area contributed by atoms with Crippen LogP contribution in [0.3, 0.4) is 0 Å². The maximum absolute atomic E-state index is 11.3. The van der Waals surface area contributed by atoms with Crippen molar-refractivity contribution in [2.45, 2.75) is 11.8 Å². The van der Waals surface area contributed by atoms with E-state index in [1.807, 2.05) is 35.6 Å². The van der Waals surface area contributed by atoms with Crippen molar-refractivity contribution in [3.63, 3.8) is 0 Å². The lowest BCUT2D eigenvalue weighted by Gasteiger charge is -2.03. The summed E-state index contributed by atoms with van der Waals surface area (Å²) in [5.41, 5.74) is 0.